The van der Waals surface area contributed by atoms with Crippen molar-refractivity contribution in [3.05, 3.63) is 30.7 Å². The first-order chi connectivity index (χ1) is 6.50. The summed E-state index contributed by atoms with van der Waals surface area (Å²) in [5.74, 6) is 0. The van der Waals surface area contributed by atoms with Crippen molar-refractivity contribution in [2.75, 3.05) is 0 Å². The van der Waals surface area contributed by atoms with Crippen LogP contribution >= 0.6 is 0 Å². The van der Waals surface area contributed by atoms with E-state index in [0.29, 0.717) is 0 Å². The van der Waals surface area contributed by atoms with Crippen LogP contribution in [-0.2, 0) is 0 Å². The van der Waals surface area contributed by atoms with Gasteiger partial charge in [-0.05, 0) is 32.1 Å². The fourth-order valence-electron chi connectivity index (χ4n) is 1.62. The van der Waals surface area contributed by atoms with Crippen LogP contribution in [-0.4, -0.2) is 0 Å². The van der Waals surface area contributed by atoms with E-state index < -0.39 is 0 Å². The van der Waals surface area contributed by atoms with Crippen molar-refractivity contribution in [2.45, 2.75) is 51.4 Å². The van der Waals surface area contributed by atoms with E-state index in [2.05, 4.69) is 30.7 Å². The summed E-state index contributed by atoms with van der Waals surface area (Å²) in [5.41, 5.74) is 0. The Balaban J connectivity index is 2.18. The van der Waals surface area contributed by atoms with Gasteiger partial charge in [-0.15, -0.1) is 0 Å². The van der Waals surface area contributed by atoms with Gasteiger partial charge in [-0.1, -0.05) is 50.0 Å². The second-order valence-electron chi connectivity index (χ2n) is 3.72. The van der Waals surface area contributed by atoms with Crippen molar-refractivity contribution in [3.63, 3.8) is 0 Å². The van der Waals surface area contributed by atoms with Gasteiger partial charge in [0.05, 0.1) is 0 Å². The maximum absolute atomic E-state index is 2.32. The molecule has 0 aromatic heterocycles. The van der Waals surface area contributed by atoms with Gasteiger partial charge in [0, 0.05) is 0 Å². The Morgan fingerprint density at radius 1 is 0.615 bits per heavy atom. The van der Waals surface area contributed by atoms with Crippen molar-refractivity contribution in [3.8, 4) is 0 Å². The van der Waals surface area contributed by atoms with Gasteiger partial charge in [-0.25, -0.2) is 0 Å². The van der Waals surface area contributed by atoms with Crippen molar-refractivity contribution in [1.82, 2.24) is 0 Å². The van der Waals surface area contributed by atoms with Gasteiger partial charge < -0.3 is 0 Å². The maximum atomic E-state index is 2.32. The summed E-state index contributed by atoms with van der Waals surface area (Å²) in [6.07, 6.45) is 22.0. The zero-order valence-electron chi connectivity index (χ0n) is 8.54. The molecule has 0 aromatic carbocycles. The molecule has 0 heterocycles. The van der Waals surface area contributed by atoms with Crippen LogP contribution in [0, 0.1) is 6.42 Å². The van der Waals surface area contributed by atoms with Gasteiger partial charge in [-0.2, -0.15) is 0 Å². The lowest BCUT2D eigenvalue weighted by atomic mass is 10.1. The van der Waals surface area contributed by atoms with Crippen molar-refractivity contribution >= 4 is 0 Å². The van der Waals surface area contributed by atoms with Crippen LogP contribution < -0.4 is 0 Å². The van der Waals surface area contributed by atoms with Crippen molar-refractivity contribution in [1.29, 1.82) is 0 Å². The highest BCUT2D eigenvalue weighted by atomic mass is 14.0. The average Bonchev–Trinajstić information content (AvgIpc) is 2.18. The number of allylic oxidation sites excluding steroid dienone is 4. The number of hydrogen-bond acceptors (Lipinski definition) is 0. The van der Waals surface area contributed by atoms with Gasteiger partial charge >= 0.3 is 0 Å². The molecular formula is C13H21. The monoisotopic (exact) mass is 177 g/mol. The van der Waals surface area contributed by atoms with E-state index in [9.17, 15) is 0 Å². The fourth-order valence-corrected chi connectivity index (χ4v) is 1.62. The van der Waals surface area contributed by atoms with E-state index in [1.54, 1.807) is 0 Å². The Bertz CT molecular complexity index is 135. The SMILES string of the molecule is [CH]1/C=C/C/C=C/CCCCCCC1. The van der Waals surface area contributed by atoms with E-state index in [4.69, 9.17) is 0 Å². The molecular weight excluding hydrogens is 156 g/mol. The topological polar surface area (TPSA) is 0 Å². The molecule has 13 heavy (non-hydrogen) atoms. The zero-order valence-corrected chi connectivity index (χ0v) is 8.54. The van der Waals surface area contributed by atoms with Crippen LogP contribution in [0.2, 0.25) is 0 Å². The lowest BCUT2D eigenvalue weighted by molar-refractivity contribution is 0.617. The molecule has 0 saturated carbocycles. The molecule has 1 aliphatic rings. The zero-order chi connectivity index (χ0) is 9.19. The molecule has 1 radical (unpaired) electrons. The standard InChI is InChI=1S/C13H21/c1-2-4-6-8-10-12-13-11-9-7-5-3-1/h1-3,6,8H,4-5,7,9-13H2/b2-1+,8-6+. The molecule has 0 bridgehead atoms. The highest BCUT2D eigenvalue weighted by Crippen LogP contribution is 2.09. The minimum absolute atomic E-state index is 1.11. The van der Waals surface area contributed by atoms with E-state index in [0.717, 1.165) is 6.42 Å². The molecule has 73 valence electrons. The van der Waals surface area contributed by atoms with Crippen LogP contribution in [0.3, 0.4) is 0 Å². The van der Waals surface area contributed by atoms with Crippen LogP contribution in [0.1, 0.15) is 51.4 Å². The molecule has 0 spiro atoms. The summed E-state index contributed by atoms with van der Waals surface area (Å²) in [5, 5.41) is 0. The van der Waals surface area contributed by atoms with E-state index >= 15 is 0 Å². The highest BCUT2D eigenvalue weighted by Gasteiger charge is 1.90. The van der Waals surface area contributed by atoms with Crippen LogP contribution in [0.25, 0.3) is 0 Å². The Hall–Kier alpha value is -0.520. The molecule has 1 aliphatic carbocycles. The minimum Gasteiger partial charge on any atom is -0.0882 e. The van der Waals surface area contributed by atoms with Gasteiger partial charge in [0.2, 0.25) is 0 Å². The third-order valence-electron chi connectivity index (χ3n) is 2.45. The quantitative estimate of drug-likeness (QED) is 0.480. The Morgan fingerprint density at radius 2 is 1.38 bits per heavy atom. The van der Waals surface area contributed by atoms with E-state index in [1.165, 1.54) is 44.9 Å². The van der Waals surface area contributed by atoms with Crippen molar-refractivity contribution in [2.24, 2.45) is 0 Å². The summed E-state index contributed by atoms with van der Waals surface area (Å²) in [4.78, 5) is 0. The first-order valence-electron chi connectivity index (χ1n) is 5.63. The largest absolute Gasteiger partial charge is 0.0882 e. The van der Waals surface area contributed by atoms with Gasteiger partial charge in [0.25, 0.3) is 0 Å². The molecule has 0 saturated heterocycles. The Morgan fingerprint density at radius 3 is 2.31 bits per heavy atom. The van der Waals surface area contributed by atoms with Crippen LogP contribution in [0.4, 0.5) is 0 Å². The summed E-state index contributed by atoms with van der Waals surface area (Å²) in [6, 6.07) is 0. The lowest BCUT2D eigenvalue weighted by Gasteiger charge is -1.98. The minimum atomic E-state index is 1.11. The molecule has 0 heteroatoms. The molecule has 0 unspecified atom stereocenters. The first-order valence-corrected chi connectivity index (χ1v) is 5.63. The van der Waals surface area contributed by atoms with Crippen molar-refractivity contribution < 1.29 is 0 Å². The summed E-state index contributed by atoms with van der Waals surface area (Å²) < 4.78 is 0. The maximum Gasteiger partial charge on any atom is -0.0169 e. The molecule has 1 rings (SSSR count). The Labute approximate surface area is 82.7 Å². The molecule has 0 aliphatic heterocycles. The smallest absolute Gasteiger partial charge is 0.0169 e. The Kier molecular flexibility index (Phi) is 6.58. The summed E-state index contributed by atoms with van der Waals surface area (Å²) in [6.45, 7) is 0. The van der Waals surface area contributed by atoms with Gasteiger partial charge in [-0.3, -0.25) is 0 Å². The highest BCUT2D eigenvalue weighted by molar-refractivity contribution is 4.99. The molecule has 0 fully saturated rings. The molecule has 0 amide bonds. The van der Waals surface area contributed by atoms with Gasteiger partial charge in [0.1, 0.15) is 0 Å². The number of rotatable bonds is 0. The van der Waals surface area contributed by atoms with E-state index in [-0.39, 0.29) is 0 Å². The normalized spacial score (nSPS) is 26.5. The predicted molar refractivity (Wildman–Crippen MR) is 59.5 cm³/mol. The lowest BCUT2D eigenvalue weighted by Crippen LogP contribution is -1.79. The first kappa shape index (κ1) is 10.6. The van der Waals surface area contributed by atoms with E-state index in [1.807, 2.05) is 0 Å². The summed E-state index contributed by atoms with van der Waals surface area (Å²) in [7, 11) is 0. The second-order valence-corrected chi connectivity index (χ2v) is 3.72. The average molecular weight is 177 g/mol. The van der Waals surface area contributed by atoms with Crippen LogP contribution in [0.5, 0.6) is 0 Å². The predicted octanol–water partition coefficient (Wildman–Crippen LogP) is 4.44. The van der Waals surface area contributed by atoms with Gasteiger partial charge in [0.15, 0.2) is 0 Å². The second kappa shape index (κ2) is 8.10. The summed E-state index contributed by atoms with van der Waals surface area (Å²) >= 11 is 0. The van der Waals surface area contributed by atoms with Crippen LogP contribution in [0.15, 0.2) is 24.3 Å². The molecule has 0 N–H and O–H groups in total. The molecule has 0 atom stereocenters. The third kappa shape index (κ3) is 6.62. The molecule has 0 nitrogen and oxygen atoms in total. The third-order valence-corrected chi connectivity index (χ3v) is 2.45. The molecule has 0 aromatic rings. The fraction of sp³-hybridized carbons (Fsp3) is 0.615. The number of hydrogen-bond donors (Lipinski definition) is 0.